The van der Waals surface area contributed by atoms with Gasteiger partial charge in [-0.3, -0.25) is 4.79 Å². The Morgan fingerprint density at radius 3 is 2.62 bits per heavy atom. The number of carbonyl (C=O) groups is 1. The molecule has 1 fully saturated rings. The van der Waals surface area contributed by atoms with E-state index in [0.717, 1.165) is 36.3 Å². The minimum Gasteiger partial charge on any atom is -0.497 e. The van der Waals surface area contributed by atoms with Gasteiger partial charge in [-0.1, -0.05) is 11.2 Å². The Hall–Kier alpha value is -3.75. The number of benzene rings is 2. The number of piperidine rings is 1. The molecule has 4 rings (SSSR count). The molecular weight excluding hydrogens is 436 g/mol. The third kappa shape index (κ3) is 5.41. The fourth-order valence-corrected chi connectivity index (χ4v) is 4.08. The summed E-state index contributed by atoms with van der Waals surface area (Å²) in [5.41, 5.74) is 1.91. The quantitative estimate of drug-likeness (QED) is 0.513. The molecule has 1 unspecified atom stereocenters. The van der Waals surface area contributed by atoms with E-state index in [0.29, 0.717) is 42.8 Å². The summed E-state index contributed by atoms with van der Waals surface area (Å²) in [6, 6.07) is 13.7. The molecule has 2 heterocycles. The highest BCUT2D eigenvalue weighted by atomic mass is 16.5. The van der Waals surface area contributed by atoms with Crippen LogP contribution in [0.2, 0.25) is 0 Å². The molecule has 1 aliphatic heterocycles. The van der Waals surface area contributed by atoms with E-state index in [9.17, 15) is 4.79 Å². The standard InChI is InChI=1S/C25H30N4O5/c1-31-20-9-7-18(8-10-20)23-27-25(34-28-23)29-14-4-5-19(16-29)24(30)26-13-12-17-6-11-21(32-2)22(15-17)33-3/h6-11,15,19H,4-5,12-14,16H2,1-3H3,(H,26,30). The average Bonchev–Trinajstić information content (AvgIpc) is 3.39. The summed E-state index contributed by atoms with van der Waals surface area (Å²) in [5, 5.41) is 7.17. The summed E-state index contributed by atoms with van der Waals surface area (Å²) >= 11 is 0. The molecule has 1 saturated heterocycles. The lowest BCUT2D eigenvalue weighted by atomic mass is 9.97. The first kappa shape index (κ1) is 23.4. The van der Waals surface area contributed by atoms with Crippen molar-refractivity contribution in [3.05, 3.63) is 48.0 Å². The lowest BCUT2D eigenvalue weighted by molar-refractivity contribution is -0.125. The van der Waals surface area contributed by atoms with Gasteiger partial charge < -0.3 is 29.0 Å². The van der Waals surface area contributed by atoms with Crippen LogP contribution in [-0.2, 0) is 11.2 Å². The van der Waals surface area contributed by atoms with E-state index in [2.05, 4.69) is 15.5 Å². The minimum atomic E-state index is -0.129. The molecule has 1 amide bonds. The number of methoxy groups -OCH3 is 3. The number of hydrogen-bond acceptors (Lipinski definition) is 8. The fourth-order valence-electron chi connectivity index (χ4n) is 4.08. The summed E-state index contributed by atoms with van der Waals surface area (Å²) in [6.45, 7) is 1.87. The molecule has 34 heavy (non-hydrogen) atoms. The predicted molar refractivity (Wildman–Crippen MR) is 127 cm³/mol. The predicted octanol–water partition coefficient (Wildman–Crippen LogP) is 3.34. The third-order valence-corrected chi connectivity index (χ3v) is 5.99. The number of amides is 1. The van der Waals surface area contributed by atoms with Crippen molar-refractivity contribution in [1.29, 1.82) is 0 Å². The maximum absolute atomic E-state index is 12.8. The van der Waals surface area contributed by atoms with Gasteiger partial charge >= 0.3 is 6.01 Å². The van der Waals surface area contributed by atoms with Gasteiger partial charge in [-0.15, -0.1) is 0 Å². The lowest BCUT2D eigenvalue weighted by Crippen LogP contribution is -2.43. The Morgan fingerprint density at radius 1 is 1.09 bits per heavy atom. The maximum Gasteiger partial charge on any atom is 0.324 e. The molecule has 9 heteroatoms. The Bertz CT molecular complexity index is 1100. The first-order valence-electron chi connectivity index (χ1n) is 11.3. The lowest BCUT2D eigenvalue weighted by Gasteiger charge is -2.30. The van der Waals surface area contributed by atoms with E-state index < -0.39 is 0 Å². The minimum absolute atomic E-state index is 0.0417. The highest BCUT2D eigenvalue weighted by Crippen LogP contribution is 2.28. The van der Waals surface area contributed by atoms with Gasteiger partial charge in [-0.25, -0.2) is 0 Å². The summed E-state index contributed by atoms with van der Waals surface area (Å²) < 4.78 is 21.3. The van der Waals surface area contributed by atoms with Crippen LogP contribution >= 0.6 is 0 Å². The van der Waals surface area contributed by atoms with Crippen molar-refractivity contribution in [2.75, 3.05) is 45.9 Å². The summed E-state index contributed by atoms with van der Waals surface area (Å²) in [4.78, 5) is 19.3. The van der Waals surface area contributed by atoms with E-state index in [4.69, 9.17) is 18.7 Å². The van der Waals surface area contributed by atoms with Crippen LogP contribution in [0.5, 0.6) is 17.2 Å². The summed E-state index contributed by atoms with van der Waals surface area (Å²) in [7, 11) is 4.85. The molecule has 0 radical (unpaired) electrons. The Morgan fingerprint density at radius 2 is 1.88 bits per heavy atom. The fraction of sp³-hybridized carbons (Fsp3) is 0.400. The number of hydrogen-bond donors (Lipinski definition) is 1. The van der Waals surface area contributed by atoms with Gasteiger partial charge in [-0.2, -0.15) is 4.98 Å². The molecule has 0 aliphatic carbocycles. The highest BCUT2D eigenvalue weighted by Gasteiger charge is 2.28. The Labute approximate surface area is 199 Å². The number of rotatable bonds is 9. The zero-order valence-electron chi connectivity index (χ0n) is 19.7. The number of aromatic nitrogens is 2. The number of anilines is 1. The molecule has 1 N–H and O–H groups in total. The number of nitrogens with zero attached hydrogens (tertiary/aromatic N) is 3. The Balaban J connectivity index is 1.31. The van der Waals surface area contributed by atoms with Crippen LogP contribution in [0, 0.1) is 5.92 Å². The number of nitrogens with one attached hydrogen (secondary N) is 1. The first-order chi connectivity index (χ1) is 16.6. The average molecular weight is 467 g/mol. The second-order valence-corrected chi connectivity index (χ2v) is 8.14. The van der Waals surface area contributed by atoms with Gasteiger partial charge in [0.2, 0.25) is 11.7 Å². The van der Waals surface area contributed by atoms with Crippen molar-refractivity contribution >= 4 is 11.9 Å². The molecule has 2 aromatic carbocycles. The summed E-state index contributed by atoms with van der Waals surface area (Å²) in [6.07, 6.45) is 2.42. The number of ether oxygens (including phenoxy) is 3. The molecule has 0 bridgehead atoms. The largest absolute Gasteiger partial charge is 0.497 e. The van der Waals surface area contributed by atoms with E-state index in [-0.39, 0.29) is 11.8 Å². The van der Waals surface area contributed by atoms with E-state index >= 15 is 0 Å². The van der Waals surface area contributed by atoms with Crippen molar-refractivity contribution in [2.45, 2.75) is 19.3 Å². The van der Waals surface area contributed by atoms with Gasteiger partial charge in [0.15, 0.2) is 11.5 Å². The zero-order valence-corrected chi connectivity index (χ0v) is 19.7. The first-order valence-corrected chi connectivity index (χ1v) is 11.3. The number of carbonyl (C=O) groups excluding carboxylic acids is 1. The molecule has 1 aliphatic rings. The summed E-state index contributed by atoms with van der Waals surface area (Å²) in [5.74, 6) is 2.56. The van der Waals surface area contributed by atoms with Gasteiger partial charge in [0.05, 0.1) is 27.2 Å². The van der Waals surface area contributed by atoms with Crippen LogP contribution in [-0.4, -0.2) is 57.0 Å². The molecule has 0 saturated carbocycles. The van der Waals surface area contributed by atoms with Gasteiger partial charge in [0.1, 0.15) is 5.75 Å². The van der Waals surface area contributed by atoms with Crippen molar-refractivity contribution in [3.63, 3.8) is 0 Å². The van der Waals surface area contributed by atoms with Gasteiger partial charge in [-0.05, 0) is 61.2 Å². The van der Waals surface area contributed by atoms with E-state index in [1.54, 1.807) is 21.3 Å². The monoisotopic (exact) mass is 466 g/mol. The second kappa shape index (κ2) is 10.9. The van der Waals surface area contributed by atoms with Crippen molar-refractivity contribution in [1.82, 2.24) is 15.5 Å². The highest BCUT2D eigenvalue weighted by molar-refractivity contribution is 5.79. The second-order valence-electron chi connectivity index (χ2n) is 8.14. The Kier molecular flexibility index (Phi) is 7.51. The van der Waals surface area contributed by atoms with Crippen molar-refractivity contribution < 1.29 is 23.5 Å². The van der Waals surface area contributed by atoms with Gasteiger partial charge in [0.25, 0.3) is 0 Å². The third-order valence-electron chi connectivity index (χ3n) is 5.99. The molecule has 1 atom stereocenters. The van der Waals surface area contributed by atoms with Crippen LogP contribution in [0.15, 0.2) is 47.0 Å². The molecule has 180 valence electrons. The van der Waals surface area contributed by atoms with Crippen molar-refractivity contribution in [3.8, 4) is 28.6 Å². The smallest absolute Gasteiger partial charge is 0.324 e. The zero-order chi connectivity index (χ0) is 23.9. The van der Waals surface area contributed by atoms with E-state index in [1.165, 1.54) is 0 Å². The van der Waals surface area contributed by atoms with Crippen LogP contribution < -0.4 is 24.4 Å². The molecule has 9 nitrogen and oxygen atoms in total. The molecule has 3 aromatic rings. The topological polar surface area (TPSA) is 99.0 Å². The van der Waals surface area contributed by atoms with E-state index in [1.807, 2.05) is 47.4 Å². The molecule has 1 aromatic heterocycles. The molecule has 0 spiro atoms. The maximum atomic E-state index is 12.8. The van der Waals surface area contributed by atoms with Crippen LogP contribution in [0.25, 0.3) is 11.4 Å². The van der Waals surface area contributed by atoms with Crippen molar-refractivity contribution in [2.24, 2.45) is 5.92 Å². The van der Waals surface area contributed by atoms with Gasteiger partial charge in [0, 0.05) is 25.2 Å². The van der Waals surface area contributed by atoms with Crippen LogP contribution in [0.1, 0.15) is 18.4 Å². The van der Waals surface area contributed by atoms with Crippen LogP contribution in [0.4, 0.5) is 6.01 Å². The SMILES string of the molecule is COc1ccc(-c2noc(N3CCCC(C(=O)NCCc4ccc(OC)c(OC)c4)C3)n2)cc1. The van der Waals surface area contributed by atoms with Crippen LogP contribution in [0.3, 0.4) is 0 Å². The normalized spacial score (nSPS) is 15.6. The molecular formula is C25H30N4O5.